The third-order valence-electron chi connectivity index (χ3n) is 5.11. The Bertz CT molecular complexity index is 1240. The maximum atomic E-state index is 13.5. The van der Waals surface area contributed by atoms with Crippen molar-refractivity contribution in [2.24, 2.45) is 0 Å². The van der Waals surface area contributed by atoms with E-state index < -0.39 is 22.5 Å². The first-order valence-corrected chi connectivity index (χ1v) is 11.7. The van der Waals surface area contributed by atoms with Crippen LogP contribution in [0.25, 0.3) is 0 Å². The number of ether oxygens (including phenoxy) is 1. The van der Waals surface area contributed by atoms with Gasteiger partial charge in [-0.05, 0) is 74.4 Å². The molecule has 0 heterocycles. The number of anilines is 2. The zero-order valence-electron chi connectivity index (χ0n) is 18.3. The van der Waals surface area contributed by atoms with E-state index in [-0.39, 0.29) is 4.90 Å². The van der Waals surface area contributed by atoms with Gasteiger partial charge in [0.15, 0.2) is 0 Å². The minimum absolute atomic E-state index is 0.106. The Morgan fingerprint density at radius 1 is 0.969 bits per heavy atom. The Labute approximate surface area is 193 Å². The maximum absolute atomic E-state index is 13.5. The maximum Gasteiger partial charge on any atom is 0.264 e. The number of methoxy groups -OCH3 is 1. The minimum Gasteiger partial charge on any atom is -0.495 e. The molecule has 3 aromatic carbocycles. The van der Waals surface area contributed by atoms with E-state index in [0.29, 0.717) is 22.1 Å². The first-order valence-electron chi connectivity index (χ1n) is 9.92. The number of rotatable bonds is 7. The number of carbonyl (C=O) groups is 1. The molecule has 0 atom stereocenters. The van der Waals surface area contributed by atoms with Gasteiger partial charge in [0.1, 0.15) is 12.3 Å². The molecule has 0 unspecified atom stereocenters. The summed E-state index contributed by atoms with van der Waals surface area (Å²) in [4.78, 5) is 13.0. The molecular weight excluding hydrogens is 448 g/mol. The molecule has 3 aromatic rings. The molecule has 8 heteroatoms. The van der Waals surface area contributed by atoms with Crippen molar-refractivity contribution in [3.63, 3.8) is 0 Å². The van der Waals surface area contributed by atoms with E-state index in [0.717, 1.165) is 21.0 Å². The molecule has 0 aliphatic rings. The van der Waals surface area contributed by atoms with Crippen molar-refractivity contribution in [2.75, 3.05) is 23.3 Å². The second kappa shape index (κ2) is 9.63. The monoisotopic (exact) mass is 472 g/mol. The smallest absolute Gasteiger partial charge is 0.264 e. The normalized spacial score (nSPS) is 11.2. The number of sulfonamides is 1. The SMILES string of the molecule is COc1ccc(Cl)cc1NC(=O)CN(c1ccc(C)c(C)c1)S(=O)(=O)c1ccc(C)cc1. The first-order chi connectivity index (χ1) is 15.1. The van der Waals surface area contributed by atoms with Crippen molar-refractivity contribution in [1.29, 1.82) is 0 Å². The number of hydrogen-bond acceptors (Lipinski definition) is 4. The summed E-state index contributed by atoms with van der Waals surface area (Å²) in [5.74, 6) is -0.110. The van der Waals surface area contributed by atoms with Crippen LogP contribution in [0.2, 0.25) is 5.02 Å². The van der Waals surface area contributed by atoms with Crippen LogP contribution >= 0.6 is 11.6 Å². The molecule has 0 fully saturated rings. The average Bonchev–Trinajstić information content (AvgIpc) is 2.74. The van der Waals surface area contributed by atoms with Crippen LogP contribution in [0.4, 0.5) is 11.4 Å². The van der Waals surface area contributed by atoms with E-state index in [9.17, 15) is 13.2 Å². The predicted molar refractivity (Wildman–Crippen MR) is 128 cm³/mol. The molecule has 168 valence electrons. The molecule has 0 aliphatic carbocycles. The quantitative estimate of drug-likeness (QED) is 0.518. The molecule has 32 heavy (non-hydrogen) atoms. The third-order valence-corrected chi connectivity index (χ3v) is 7.13. The van der Waals surface area contributed by atoms with E-state index in [2.05, 4.69) is 5.32 Å². The summed E-state index contributed by atoms with van der Waals surface area (Å²) < 4.78 is 33.4. The largest absolute Gasteiger partial charge is 0.495 e. The molecule has 0 spiro atoms. The number of amides is 1. The van der Waals surface area contributed by atoms with Gasteiger partial charge >= 0.3 is 0 Å². The average molecular weight is 473 g/mol. The molecule has 0 saturated carbocycles. The molecule has 1 N–H and O–H groups in total. The minimum atomic E-state index is -4.00. The van der Waals surface area contributed by atoms with Gasteiger partial charge in [-0.3, -0.25) is 9.10 Å². The lowest BCUT2D eigenvalue weighted by Gasteiger charge is -2.25. The Morgan fingerprint density at radius 3 is 2.28 bits per heavy atom. The first kappa shape index (κ1) is 23.6. The molecule has 0 aliphatic heterocycles. The van der Waals surface area contributed by atoms with Crippen LogP contribution in [0.3, 0.4) is 0 Å². The van der Waals surface area contributed by atoms with Crippen LogP contribution in [0.15, 0.2) is 65.6 Å². The molecule has 3 rings (SSSR count). The van der Waals surface area contributed by atoms with Gasteiger partial charge in [-0.15, -0.1) is 0 Å². The lowest BCUT2D eigenvalue weighted by atomic mass is 10.1. The van der Waals surface area contributed by atoms with Crippen LogP contribution in [-0.2, 0) is 14.8 Å². The highest BCUT2D eigenvalue weighted by molar-refractivity contribution is 7.92. The summed E-state index contributed by atoms with van der Waals surface area (Å²) in [5.41, 5.74) is 3.64. The van der Waals surface area contributed by atoms with Crippen molar-refractivity contribution >= 4 is 38.9 Å². The fourth-order valence-corrected chi connectivity index (χ4v) is 4.72. The molecular formula is C24H25ClN2O4S. The number of hydrogen-bond donors (Lipinski definition) is 1. The molecule has 0 saturated heterocycles. The van der Waals surface area contributed by atoms with Gasteiger partial charge in [-0.2, -0.15) is 0 Å². The molecule has 6 nitrogen and oxygen atoms in total. The summed E-state index contributed by atoms with van der Waals surface area (Å²) in [6, 6.07) is 16.6. The summed E-state index contributed by atoms with van der Waals surface area (Å²) in [7, 11) is -2.52. The summed E-state index contributed by atoms with van der Waals surface area (Å²) in [6.07, 6.45) is 0. The highest BCUT2D eigenvalue weighted by atomic mass is 35.5. The van der Waals surface area contributed by atoms with Gasteiger partial charge in [0.05, 0.1) is 23.4 Å². The number of halogens is 1. The molecule has 0 bridgehead atoms. The Morgan fingerprint density at radius 2 is 1.66 bits per heavy atom. The highest BCUT2D eigenvalue weighted by Gasteiger charge is 2.28. The van der Waals surface area contributed by atoms with Gasteiger partial charge in [0.2, 0.25) is 5.91 Å². The van der Waals surface area contributed by atoms with Crippen LogP contribution in [0.5, 0.6) is 5.75 Å². The number of nitrogens with zero attached hydrogens (tertiary/aromatic N) is 1. The summed E-state index contributed by atoms with van der Waals surface area (Å²) >= 11 is 6.04. The third kappa shape index (κ3) is 5.23. The van der Waals surface area contributed by atoms with E-state index in [1.54, 1.807) is 42.5 Å². The van der Waals surface area contributed by atoms with Crippen molar-refractivity contribution in [1.82, 2.24) is 0 Å². The fourth-order valence-electron chi connectivity index (χ4n) is 3.13. The number of nitrogens with one attached hydrogen (secondary N) is 1. The Hall–Kier alpha value is -3.03. The highest BCUT2D eigenvalue weighted by Crippen LogP contribution is 2.29. The van der Waals surface area contributed by atoms with Gasteiger partial charge in [0, 0.05) is 5.02 Å². The van der Waals surface area contributed by atoms with Gasteiger partial charge in [0.25, 0.3) is 10.0 Å². The Balaban J connectivity index is 1.99. The van der Waals surface area contributed by atoms with Crippen LogP contribution < -0.4 is 14.4 Å². The number of aryl methyl sites for hydroxylation is 3. The molecule has 1 amide bonds. The van der Waals surface area contributed by atoms with Crippen molar-refractivity contribution in [3.05, 3.63) is 82.4 Å². The van der Waals surface area contributed by atoms with Crippen molar-refractivity contribution in [3.8, 4) is 5.75 Å². The zero-order valence-corrected chi connectivity index (χ0v) is 19.9. The van der Waals surface area contributed by atoms with E-state index >= 15 is 0 Å². The van der Waals surface area contributed by atoms with E-state index in [1.165, 1.54) is 19.2 Å². The fraction of sp³-hybridized carbons (Fsp3) is 0.208. The number of benzene rings is 3. The molecule has 0 radical (unpaired) electrons. The second-order valence-corrected chi connectivity index (χ2v) is 9.78. The van der Waals surface area contributed by atoms with Gasteiger partial charge in [-0.25, -0.2) is 8.42 Å². The Kier molecular flexibility index (Phi) is 7.11. The summed E-state index contributed by atoms with van der Waals surface area (Å²) in [5, 5.41) is 3.12. The lowest BCUT2D eigenvalue weighted by Crippen LogP contribution is -2.38. The lowest BCUT2D eigenvalue weighted by molar-refractivity contribution is -0.114. The standard InChI is InChI=1S/C24H25ClN2O4S/c1-16-5-10-21(11-6-16)32(29,30)27(20-9-7-17(2)18(3)13-20)15-24(28)26-22-14-19(25)8-12-23(22)31-4/h5-14H,15H2,1-4H3,(H,26,28). The summed E-state index contributed by atoms with van der Waals surface area (Å²) in [6.45, 7) is 5.29. The topological polar surface area (TPSA) is 75.7 Å². The van der Waals surface area contributed by atoms with Gasteiger partial charge in [-0.1, -0.05) is 35.4 Å². The second-order valence-electron chi connectivity index (χ2n) is 7.49. The van der Waals surface area contributed by atoms with Crippen molar-refractivity contribution in [2.45, 2.75) is 25.7 Å². The predicted octanol–water partition coefficient (Wildman–Crippen LogP) is 5.11. The van der Waals surface area contributed by atoms with Crippen molar-refractivity contribution < 1.29 is 17.9 Å². The molecule has 0 aromatic heterocycles. The van der Waals surface area contributed by atoms with E-state index in [4.69, 9.17) is 16.3 Å². The zero-order chi connectivity index (χ0) is 23.5. The van der Waals surface area contributed by atoms with E-state index in [1.807, 2.05) is 26.8 Å². The van der Waals surface area contributed by atoms with Crippen LogP contribution in [0, 0.1) is 20.8 Å². The number of carbonyl (C=O) groups excluding carboxylic acids is 1. The van der Waals surface area contributed by atoms with Gasteiger partial charge < -0.3 is 10.1 Å². The van der Waals surface area contributed by atoms with Crippen LogP contribution in [0.1, 0.15) is 16.7 Å². The van der Waals surface area contributed by atoms with Crippen LogP contribution in [-0.4, -0.2) is 28.0 Å².